The van der Waals surface area contributed by atoms with Gasteiger partial charge in [0.05, 0.1) is 11.4 Å². The van der Waals surface area contributed by atoms with Crippen LogP contribution in [0.15, 0.2) is 35.8 Å². The first kappa shape index (κ1) is 21.1. The molecule has 2 N–H and O–H groups in total. The van der Waals surface area contributed by atoms with Crippen LogP contribution < -0.4 is 10.6 Å². The number of rotatable bonds is 4. The Bertz CT molecular complexity index is 986. The van der Waals surface area contributed by atoms with Crippen LogP contribution in [0.2, 0.25) is 0 Å². The van der Waals surface area contributed by atoms with Crippen molar-refractivity contribution in [2.75, 3.05) is 26.2 Å². The zero-order valence-corrected chi connectivity index (χ0v) is 18.1. The standard InChI is InChI=1S/C21H25N5O4S/c1-24-9-3-6-15(24)20(29)25-10-11-26(21(30)17-7-4-12-31-17)16(13-25)19(28)23-14-5-2-8-22-18(14)27/h3-4,6-7,9,12,14,16H,2,5,8,10-11,13H2,1H3,(H,22,27)(H,23,28). The Labute approximate surface area is 184 Å². The number of carbonyl (C=O) groups is 4. The minimum atomic E-state index is -0.873. The van der Waals surface area contributed by atoms with Gasteiger partial charge in [-0.05, 0) is 36.4 Å². The summed E-state index contributed by atoms with van der Waals surface area (Å²) < 4.78 is 1.73. The minimum absolute atomic E-state index is 0.0707. The number of aryl methyl sites for hydroxylation is 1. The summed E-state index contributed by atoms with van der Waals surface area (Å²) in [4.78, 5) is 55.0. The van der Waals surface area contributed by atoms with Crippen molar-refractivity contribution in [3.8, 4) is 0 Å². The predicted molar refractivity (Wildman–Crippen MR) is 115 cm³/mol. The smallest absolute Gasteiger partial charge is 0.270 e. The van der Waals surface area contributed by atoms with Crippen molar-refractivity contribution in [1.82, 2.24) is 25.0 Å². The number of aromatic nitrogens is 1. The molecule has 2 saturated heterocycles. The molecule has 2 aliphatic rings. The number of thiophene rings is 1. The lowest BCUT2D eigenvalue weighted by atomic mass is 10.0. The first-order valence-electron chi connectivity index (χ1n) is 10.3. The lowest BCUT2D eigenvalue weighted by Gasteiger charge is -2.41. The molecule has 2 aromatic rings. The van der Waals surface area contributed by atoms with E-state index in [-0.39, 0.29) is 30.8 Å². The molecule has 0 aromatic carbocycles. The third-order valence-electron chi connectivity index (χ3n) is 5.73. The molecular weight excluding hydrogens is 418 g/mol. The Morgan fingerprint density at radius 3 is 2.68 bits per heavy atom. The highest BCUT2D eigenvalue weighted by Gasteiger charge is 2.39. The van der Waals surface area contributed by atoms with Crippen LogP contribution >= 0.6 is 11.3 Å². The van der Waals surface area contributed by atoms with Gasteiger partial charge in [0.15, 0.2) is 0 Å². The van der Waals surface area contributed by atoms with E-state index in [0.29, 0.717) is 30.1 Å². The molecule has 2 atom stereocenters. The zero-order chi connectivity index (χ0) is 22.0. The fourth-order valence-electron chi connectivity index (χ4n) is 4.00. The molecule has 0 radical (unpaired) electrons. The van der Waals surface area contributed by atoms with Crippen molar-refractivity contribution in [1.29, 1.82) is 0 Å². The number of piperazine rings is 1. The number of carbonyl (C=O) groups excluding carboxylic acids is 4. The molecule has 0 saturated carbocycles. The SMILES string of the molecule is Cn1cccc1C(=O)N1CCN(C(=O)c2cccs2)C(C(=O)NC2CCCNC2=O)C1. The van der Waals surface area contributed by atoms with Crippen LogP contribution in [0.25, 0.3) is 0 Å². The summed E-state index contributed by atoms with van der Waals surface area (Å²) in [5.41, 5.74) is 0.517. The van der Waals surface area contributed by atoms with Crippen LogP contribution in [0.1, 0.15) is 33.0 Å². The normalized spacial score (nSPS) is 21.5. The number of hydrogen-bond donors (Lipinski definition) is 2. The van der Waals surface area contributed by atoms with Gasteiger partial charge in [0.2, 0.25) is 11.8 Å². The van der Waals surface area contributed by atoms with E-state index < -0.39 is 18.0 Å². The fourth-order valence-corrected chi connectivity index (χ4v) is 4.68. The predicted octanol–water partition coefficient (Wildman–Crippen LogP) is 0.448. The summed E-state index contributed by atoms with van der Waals surface area (Å²) in [5, 5.41) is 7.35. The second-order valence-corrected chi connectivity index (χ2v) is 8.69. The van der Waals surface area contributed by atoms with Crippen LogP contribution in [-0.4, -0.2) is 76.3 Å². The number of amides is 4. The van der Waals surface area contributed by atoms with Crippen molar-refractivity contribution in [2.45, 2.75) is 24.9 Å². The first-order chi connectivity index (χ1) is 15.0. The second kappa shape index (κ2) is 8.93. The summed E-state index contributed by atoms with van der Waals surface area (Å²) in [7, 11) is 1.79. The van der Waals surface area contributed by atoms with Crippen LogP contribution in [0, 0.1) is 0 Å². The Hall–Kier alpha value is -3.14. The highest BCUT2D eigenvalue weighted by Crippen LogP contribution is 2.20. The van der Waals surface area contributed by atoms with Crippen LogP contribution in [0.5, 0.6) is 0 Å². The lowest BCUT2D eigenvalue weighted by molar-refractivity contribution is -0.133. The van der Waals surface area contributed by atoms with Gasteiger partial charge in [-0.3, -0.25) is 19.2 Å². The van der Waals surface area contributed by atoms with Crippen molar-refractivity contribution in [2.24, 2.45) is 7.05 Å². The monoisotopic (exact) mass is 443 g/mol. The van der Waals surface area contributed by atoms with E-state index in [4.69, 9.17) is 0 Å². The lowest BCUT2D eigenvalue weighted by Crippen LogP contribution is -2.63. The first-order valence-corrected chi connectivity index (χ1v) is 11.2. The maximum Gasteiger partial charge on any atom is 0.270 e. The molecule has 164 valence electrons. The van der Waals surface area contributed by atoms with E-state index in [1.807, 2.05) is 5.38 Å². The van der Waals surface area contributed by atoms with Gasteiger partial charge in [-0.15, -0.1) is 11.3 Å². The van der Waals surface area contributed by atoms with E-state index >= 15 is 0 Å². The average Bonchev–Trinajstić information content (AvgIpc) is 3.46. The van der Waals surface area contributed by atoms with Crippen molar-refractivity contribution >= 4 is 35.0 Å². The largest absolute Gasteiger partial charge is 0.354 e. The molecule has 0 spiro atoms. The Balaban J connectivity index is 1.55. The molecule has 2 unspecified atom stereocenters. The molecule has 0 bridgehead atoms. The highest BCUT2D eigenvalue weighted by atomic mass is 32.1. The maximum absolute atomic E-state index is 13.2. The molecule has 31 heavy (non-hydrogen) atoms. The van der Waals surface area contributed by atoms with Gasteiger partial charge in [0, 0.05) is 32.9 Å². The number of nitrogens with one attached hydrogen (secondary N) is 2. The molecule has 0 aliphatic carbocycles. The fraction of sp³-hybridized carbons (Fsp3) is 0.429. The Morgan fingerprint density at radius 1 is 1.16 bits per heavy atom. The van der Waals surface area contributed by atoms with Gasteiger partial charge >= 0.3 is 0 Å². The summed E-state index contributed by atoms with van der Waals surface area (Å²) in [5.74, 6) is -1.07. The van der Waals surface area contributed by atoms with Gasteiger partial charge in [-0.25, -0.2) is 0 Å². The van der Waals surface area contributed by atoms with Gasteiger partial charge in [0.25, 0.3) is 11.8 Å². The zero-order valence-electron chi connectivity index (χ0n) is 17.2. The third kappa shape index (κ3) is 4.34. The van der Waals surface area contributed by atoms with E-state index in [1.54, 1.807) is 47.0 Å². The van der Waals surface area contributed by atoms with Crippen molar-refractivity contribution in [3.63, 3.8) is 0 Å². The van der Waals surface area contributed by atoms with Gasteiger partial charge in [-0.1, -0.05) is 6.07 Å². The molecule has 4 rings (SSSR count). The van der Waals surface area contributed by atoms with Crippen LogP contribution in [0.3, 0.4) is 0 Å². The molecular formula is C21H25N5O4S. The number of nitrogens with zero attached hydrogens (tertiary/aromatic N) is 3. The molecule has 2 fully saturated rings. The van der Waals surface area contributed by atoms with Gasteiger partial charge in [-0.2, -0.15) is 0 Å². The van der Waals surface area contributed by atoms with E-state index in [0.717, 1.165) is 6.42 Å². The van der Waals surface area contributed by atoms with E-state index in [2.05, 4.69) is 10.6 Å². The molecule has 4 heterocycles. The Kier molecular flexibility index (Phi) is 6.08. The molecule has 4 amide bonds. The van der Waals surface area contributed by atoms with Gasteiger partial charge < -0.3 is 25.0 Å². The number of piperidine rings is 1. The summed E-state index contributed by atoms with van der Waals surface area (Å²) in [6.07, 6.45) is 3.11. The van der Waals surface area contributed by atoms with Crippen molar-refractivity contribution < 1.29 is 19.2 Å². The van der Waals surface area contributed by atoms with E-state index in [9.17, 15) is 19.2 Å². The van der Waals surface area contributed by atoms with Crippen LogP contribution in [0.4, 0.5) is 0 Å². The average molecular weight is 444 g/mol. The molecule has 2 aromatic heterocycles. The summed E-state index contributed by atoms with van der Waals surface area (Å²) in [6.45, 7) is 1.23. The third-order valence-corrected chi connectivity index (χ3v) is 6.59. The molecule has 2 aliphatic heterocycles. The minimum Gasteiger partial charge on any atom is -0.354 e. The summed E-state index contributed by atoms with van der Waals surface area (Å²) >= 11 is 1.31. The quantitative estimate of drug-likeness (QED) is 0.716. The van der Waals surface area contributed by atoms with Gasteiger partial charge in [0.1, 0.15) is 17.8 Å². The second-order valence-electron chi connectivity index (χ2n) is 7.74. The topological polar surface area (TPSA) is 104 Å². The van der Waals surface area contributed by atoms with Crippen molar-refractivity contribution in [3.05, 3.63) is 46.4 Å². The highest BCUT2D eigenvalue weighted by molar-refractivity contribution is 7.12. The van der Waals surface area contributed by atoms with Crippen LogP contribution in [-0.2, 0) is 16.6 Å². The Morgan fingerprint density at radius 2 is 2.00 bits per heavy atom. The summed E-state index contributed by atoms with van der Waals surface area (Å²) in [6, 6.07) is 5.52. The van der Waals surface area contributed by atoms with E-state index in [1.165, 1.54) is 16.2 Å². The molecule has 9 nitrogen and oxygen atoms in total. The molecule has 10 heteroatoms. The maximum atomic E-state index is 13.2. The number of hydrogen-bond acceptors (Lipinski definition) is 5.